The van der Waals surface area contributed by atoms with Crippen molar-refractivity contribution in [3.8, 4) is 0 Å². The average Bonchev–Trinajstić information content (AvgIpc) is 2.84. The molecule has 1 fully saturated rings. The molecule has 1 amide bonds. The maximum absolute atomic E-state index is 12.3. The number of hydrogen-bond acceptors (Lipinski definition) is 2. The Morgan fingerprint density at radius 2 is 2.18 bits per heavy atom. The van der Waals surface area contributed by atoms with Crippen LogP contribution in [0.3, 0.4) is 0 Å². The molecule has 1 heterocycles. The molecule has 5 heteroatoms. The number of nitrogens with zero attached hydrogens (tertiary/aromatic N) is 2. The summed E-state index contributed by atoms with van der Waals surface area (Å²) in [4.78, 5) is 18.1. The van der Waals surface area contributed by atoms with Gasteiger partial charge in [-0.25, -0.2) is 4.98 Å². The molecule has 3 nitrogen and oxygen atoms in total. The summed E-state index contributed by atoms with van der Waals surface area (Å²) < 4.78 is 0.769. The number of pyridine rings is 1. The van der Waals surface area contributed by atoms with Gasteiger partial charge in [-0.3, -0.25) is 4.79 Å². The standard InChI is InChI=1S/C12H14BrClN2O/c1-16(9-4-2-3-5-9)12(17)10-6-8(13)7-15-11(10)14/h6-7,9H,2-5H2,1H3. The molecule has 0 unspecified atom stereocenters. The molecule has 0 radical (unpaired) electrons. The lowest BCUT2D eigenvalue weighted by molar-refractivity contribution is 0.0735. The van der Waals surface area contributed by atoms with Crippen LogP contribution in [0.4, 0.5) is 0 Å². The molecular formula is C12H14BrClN2O. The van der Waals surface area contributed by atoms with Crippen LogP contribution in [0, 0.1) is 0 Å². The van der Waals surface area contributed by atoms with Gasteiger partial charge in [-0.1, -0.05) is 24.4 Å². The number of carbonyl (C=O) groups is 1. The van der Waals surface area contributed by atoms with Gasteiger partial charge in [0.05, 0.1) is 5.56 Å². The van der Waals surface area contributed by atoms with Gasteiger partial charge in [0, 0.05) is 23.8 Å². The van der Waals surface area contributed by atoms with Gasteiger partial charge in [0.1, 0.15) is 5.15 Å². The van der Waals surface area contributed by atoms with Crippen LogP contribution in [0.2, 0.25) is 5.15 Å². The topological polar surface area (TPSA) is 33.2 Å². The Kier molecular flexibility index (Phi) is 4.05. The Labute approximate surface area is 114 Å². The maximum atomic E-state index is 12.3. The molecule has 0 atom stereocenters. The first kappa shape index (κ1) is 12.8. The summed E-state index contributed by atoms with van der Waals surface area (Å²) in [5.41, 5.74) is 0.468. The van der Waals surface area contributed by atoms with Crippen LogP contribution in [0.25, 0.3) is 0 Å². The van der Waals surface area contributed by atoms with Gasteiger partial charge >= 0.3 is 0 Å². The molecule has 1 aromatic rings. The highest BCUT2D eigenvalue weighted by atomic mass is 79.9. The van der Waals surface area contributed by atoms with Crippen molar-refractivity contribution in [1.82, 2.24) is 9.88 Å². The van der Waals surface area contributed by atoms with Gasteiger partial charge in [-0.05, 0) is 34.8 Å². The second kappa shape index (κ2) is 5.36. The van der Waals surface area contributed by atoms with E-state index >= 15 is 0 Å². The minimum absolute atomic E-state index is 0.0456. The van der Waals surface area contributed by atoms with Gasteiger partial charge in [0.15, 0.2) is 0 Å². The van der Waals surface area contributed by atoms with Crippen LogP contribution >= 0.6 is 27.5 Å². The number of amides is 1. The summed E-state index contributed by atoms with van der Waals surface area (Å²) in [5, 5.41) is 0.267. The number of rotatable bonds is 2. The second-order valence-electron chi connectivity index (χ2n) is 4.35. The first-order chi connectivity index (χ1) is 8.09. The van der Waals surface area contributed by atoms with E-state index in [0.29, 0.717) is 11.6 Å². The fourth-order valence-corrected chi connectivity index (χ4v) is 2.74. The molecule has 0 N–H and O–H groups in total. The fraction of sp³-hybridized carbons (Fsp3) is 0.500. The van der Waals surface area contributed by atoms with E-state index in [1.807, 2.05) is 7.05 Å². The predicted molar refractivity (Wildman–Crippen MR) is 71.3 cm³/mol. The molecule has 0 aliphatic heterocycles. The van der Waals surface area contributed by atoms with Crippen LogP contribution < -0.4 is 0 Å². The van der Waals surface area contributed by atoms with Crippen LogP contribution in [-0.2, 0) is 0 Å². The molecule has 1 aliphatic rings. The van der Waals surface area contributed by atoms with Crippen molar-refractivity contribution in [2.24, 2.45) is 0 Å². The molecule has 1 aromatic heterocycles. The molecule has 92 valence electrons. The summed E-state index contributed by atoms with van der Waals surface area (Å²) in [6.07, 6.45) is 6.16. The minimum atomic E-state index is -0.0456. The molecular weight excluding hydrogens is 304 g/mol. The first-order valence-electron chi connectivity index (χ1n) is 5.68. The largest absolute Gasteiger partial charge is 0.339 e. The zero-order valence-corrected chi connectivity index (χ0v) is 12.0. The van der Waals surface area contributed by atoms with E-state index in [9.17, 15) is 4.79 Å². The van der Waals surface area contributed by atoms with Gasteiger partial charge in [0.2, 0.25) is 0 Å². The summed E-state index contributed by atoms with van der Waals surface area (Å²) in [6, 6.07) is 2.07. The Bertz CT molecular complexity index is 433. The van der Waals surface area contributed by atoms with E-state index in [4.69, 9.17) is 11.6 Å². The van der Waals surface area contributed by atoms with Crippen molar-refractivity contribution in [2.45, 2.75) is 31.7 Å². The maximum Gasteiger partial charge on any atom is 0.257 e. The van der Waals surface area contributed by atoms with Gasteiger partial charge in [-0.2, -0.15) is 0 Å². The highest BCUT2D eigenvalue weighted by Gasteiger charge is 2.25. The van der Waals surface area contributed by atoms with Crippen molar-refractivity contribution in [3.63, 3.8) is 0 Å². The zero-order valence-electron chi connectivity index (χ0n) is 9.62. The smallest absolute Gasteiger partial charge is 0.257 e. The van der Waals surface area contributed by atoms with Crippen molar-refractivity contribution < 1.29 is 4.79 Å². The fourth-order valence-electron chi connectivity index (χ4n) is 2.22. The number of aromatic nitrogens is 1. The summed E-state index contributed by atoms with van der Waals surface area (Å²) >= 11 is 9.27. The normalized spacial score (nSPS) is 16.2. The highest BCUT2D eigenvalue weighted by molar-refractivity contribution is 9.10. The number of hydrogen-bond donors (Lipinski definition) is 0. The third-order valence-electron chi connectivity index (χ3n) is 3.23. The van der Waals surface area contributed by atoms with Crippen molar-refractivity contribution in [2.75, 3.05) is 7.05 Å². The third-order valence-corrected chi connectivity index (χ3v) is 3.96. The van der Waals surface area contributed by atoms with E-state index in [0.717, 1.165) is 17.3 Å². The lowest BCUT2D eigenvalue weighted by Crippen LogP contribution is -2.35. The molecule has 0 aromatic carbocycles. The lowest BCUT2D eigenvalue weighted by Gasteiger charge is -2.24. The monoisotopic (exact) mass is 316 g/mol. The Balaban J connectivity index is 2.20. The van der Waals surface area contributed by atoms with E-state index in [2.05, 4.69) is 20.9 Å². The molecule has 1 aliphatic carbocycles. The van der Waals surface area contributed by atoms with Crippen LogP contribution in [0.1, 0.15) is 36.0 Å². The Hall–Kier alpha value is -0.610. The second-order valence-corrected chi connectivity index (χ2v) is 5.62. The Morgan fingerprint density at radius 1 is 1.53 bits per heavy atom. The molecule has 17 heavy (non-hydrogen) atoms. The van der Waals surface area contributed by atoms with Crippen LogP contribution in [-0.4, -0.2) is 28.9 Å². The van der Waals surface area contributed by atoms with E-state index in [1.54, 1.807) is 17.2 Å². The van der Waals surface area contributed by atoms with Crippen molar-refractivity contribution in [3.05, 3.63) is 27.5 Å². The van der Waals surface area contributed by atoms with Gasteiger partial charge < -0.3 is 4.90 Å². The minimum Gasteiger partial charge on any atom is -0.339 e. The molecule has 0 saturated heterocycles. The first-order valence-corrected chi connectivity index (χ1v) is 6.85. The average molecular weight is 318 g/mol. The molecule has 2 rings (SSSR count). The van der Waals surface area contributed by atoms with Crippen molar-refractivity contribution in [1.29, 1.82) is 0 Å². The Morgan fingerprint density at radius 3 is 2.82 bits per heavy atom. The summed E-state index contributed by atoms with van der Waals surface area (Å²) in [7, 11) is 1.84. The van der Waals surface area contributed by atoms with Gasteiger partial charge in [0.25, 0.3) is 5.91 Å². The van der Waals surface area contributed by atoms with E-state index in [1.165, 1.54) is 12.8 Å². The van der Waals surface area contributed by atoms with Crippen molar-refractivity contribution >= 4 is 33.4 Å². The lowest BCUT2D eigenvalue weighted by atomic mass is 10.2. The van der Waals surface area contributed by atoms with E-state index < -0.39 is 0 Å². The highest BCUT2D eigenvalue weighted by Crippen LogP contribution is 2.26. The zero-order chi connectivity index (χ0) is 12.4. The number of halogens is 2. The predicted octanol–water partition coefficient (Wildman–Crippen LogP) is 3.51. The molecule has 0 bridgehead atoms. The van der Waals surface area contributed by atoms with Crippen LogP contribution in [0.15, 0.2) is 16.7 Å². The molecule has 0 spiro atoms. The quantitative estimate of drug-likeness (QED) is 0.782. The van der Waals surface area contributed by atoms with Gasteiger partial charge in [-0.15, -0.1) is 0 Å². The summed E-state index contributed by atoms with van der Waals surface area (Å²) in [6.45, 7) is 0. The number of carbonyl (C=O) groups excluding carboxylic acids is 1. The van der Waals surface area contributed by atoms with Crippen LogP contribution in [0.5, 0.6) is 0 Å². The molecule has 1 saturated carbocycles. The summed E-state index contributed by atoms with van der Waals surface area (Å²) in [5.74, 6) is -0.0456. The van der Waals surface area contributed by atoms with E-state index in [-0.39, 0.29) is 11.1 Å². The third kappa shape index (κ3) is 2.80. The SMILES string of the molecule is CN(C(=O)c1cc(Br)cnc1Cl)C1CCCC1.